The van der Waals surface area contributed by atoms with Gasteiger partial charge in [-0.05, 0) is 86.9 Å². The van der Waals surface area contributed by atoms with Gasteiger partial charge < -0.3 is 19.7 Å². The van der Waals surface area contributed by atoms with Crippen LogP contribution in [0.4, 0.5) is 0 Å². The number of hydrogen-bond donors (Lipinski definition) is 2. The summed E-state index contributed by atoms with van der Waals surface area (Å²) in [5.41, 5.74) is 0.438. The van der Waals surface area contributed by atoms with Crippen molar-refractivity contribution >= 4 is 11.8 Å². The van der Waals surface area contributed by atoms with Crippen LogP contribution < -0.4 is 0 Å². The van der Waals surface area contributed by atoms with Crippen molar-refractivity contribution in [2.24, 2.45) is 40.4 Å². The van der Waals surface area contributed by atoms with Crippen LogP contribution in [-0.2, 0) is 19.1 Å². The molecule has 6 aliphatic rings. The van der Waals surface area contributed by atoms with Gasteiger partial charge in [0.25, 0.3) is 0 Å². The highest BCUT2D eigenvalue weighted by Crippen LogP contribution is 2.73. The predicted molar refractivity (Wildman–Crippen MR) is 125 cm³/mol. The van der Waals surface area contributed by atoms with Crippen molar-refractivity contribution in [3.05, 3.63) is 11.1 Å². The average molecular weight is 473 g/mol. The van der Waals surface area contributed by atoms with Gasteiger partial charge in [0.2, 0.25) is 0 Å². The fourth-order valence-corrected chi connectivity index (χ4v) is 10.1. The van der Waals surface area contributed by atoms with Gasteiger partial charge in [-0.2, -0.15) is 0 Å². The highest BCUT2D eigenvalue weighted by atomic mass is 16.6. The molecule has 6 nitrogen and oxygen atoms in total. The molecule has 0 aromatic carbocycles. The molecule has 6 rings (SSSR count). The fraction of sp³-hybridized carbons (Fsp3) is 0.857. The first kappa shape index (κ1) is 23.2. The fourth-order valence-electron chi connectivity index (χ4n) is 10.1. The molecule has 10 atom stereocenters. The molecule has 0 radical (unpaired) electrons. The van der Waals surface area contributed by atoms with E-state index in [2.05, 4.69) is 13.8 Å². The van der Waals surface area contributed by atoms with Crippen molar-refractivity contribution in [1.82, 2.24) is 0 Å². The quantitative estimate of drug-likeness (QED) is 0.480. The van der Waals surface area contributed by atoms with Gasteiger partial charge in [-0.1, -0.05) is 19.4 Å². The molecule has 188 valence electrons. The van der Waals surface area contributed by atoms with Crippen LogP contribution in [0.1, 0.15) is 78.6 Å². The topological polar surface area (TPSA) is 96.4 Å². The number of ketones is 1. The van der Waals surface area contributed by atoms with Gasteiger partial charge in [-0.15, -0.1) is 0 Å². The van der Waals surface area contributed by atoms with Crippen molar-refractivity contribution in [3.63, 3.8) is 0 Å². The number of aliphatic hydroxyl groups excluding tert-OH is 2. The van der Waals surface area contributed by atoms with Crippen LogP contribution in [0.25, 0.3) is 0 Å². The number of aliphatic hydroxyl groups is 2. The molecular formula is C28H40O6. The van der Waals surface area contributed by atoms with E-state index in [1.807, 2.05) is 6.92 Å². The molecule has 5 fully saturated rings. The molecule has 1 spiro atoms. The Morgan fingerprint density at radius 2 is 1.91 bits per heavy atom. The second-order valence-corrected chi connectivity index (χ2v) is 12.7. The summed E-state index contributed by atoms with van der Waals surface area (Å²) in [6.07, 6.45) is 8.40. The lowest BCUT2D eigenvalue weighted by Crippen LogP contribution is -2.63. The van der Waals surface area contributed by atoms with Crippen molar-refractivity contribution in [2.45, 2.75) is 96.4 Å². The normalized spacial score (nSPS) is 50.6. The molecule has 0 amide bonds. The minimum atomic E-state index is -0.689. The lowest BCUT2D eigenvalue weighted by molar-refractivity contribution is -0.164. The number of hydrogen-bond acceptors (Lipinski definition) is 6. The van der Waals surface area contributed by atoms with Gasteiger partial charge in [0, 0.05) is 12.8 Å². The van der Waals surface area contributed by atoms with Crippen molar-refractivity contribution < 1.29 is 29.3 Å². The number of cyclic esters (lactones) is 1. The van der Waals surface area contributed by atoms with E-state index < -0.39 is 5.41 Å². The summed E-state index contributed by atoms with van der Waals surface area (Å²) >= 11 is 0. The second kappa shape index (κ2) is 7.63. The van der Waals surface area contributed by atoms with Crippen LogP contribution in [0, 0.1) is 40.4 Å². The minimum Gasteiger partial charge on any atom is -0.458 e. The van der Waals surface area contributed by atoms with Crippen LogP contribution >= 0.6 is 0 Å². The average Bonchev–Trinajstić information content (AvgIpc) is 3.39. The van der Waals surface area contributed by atoms with Crippen LogP contribution in [0.2, 0.25) is 0 Å². The van der Waals surface area contributed by atoms with Gasteiger partial charge in [-0.3, -0.25) is 4.79 Å². The lowest BCUT2D eigenvalue weighted by Gasteiger charge is -2.58. The number of fused-ring (bicyclic) bond motifs is 4. The van der Waals surface area contributed by atoms with E-state index in [1.54, 1.807) is 0 Å². The number of epoxide rings is 1. The van der Waals surface area contributed by atoms with E-state index in [0.717, 1.165) is 50.5 Å². The number of esters is 1. The van der Waals surface area contributed by atoms with E-state index in [-0.39, 0.29) is 60.0 Å². The zero-order valence-corrected chi connectivity index (χ0v) is 20.8. The Morgan fingerprint density at radius 1 is 1.12 bits per heavy atom. The van der Waals surface area contributed by atoms with E-state index >= 15 is 0 Å². The zero-order valence-electron chi connectivity index (χ0n) is 20.8. The maximum absolute atomic E-state index is 13.4. The molecule has 4 saturated carbocycles. The van der Waals surface area contributed by atoms with Gasteiger partial charge in [0.05, 0.1) is 30.3 Å². The molecule has 2 heterocycles. The Morgan fingerprint density at radius 3 is 2.62 bits per heavy atom. The summed E-state index contributed by atoms with van der Waals surface area (Å²) in [5.74, 6) is 1.75. The highest BCUT2D eigenvalue weighted by molar-refractivity contribution is 5.90. The molecule has 1 unspecified atom stereocenters. The Balaban J connectivity index is 1.27. The summed E-state index contributed by atoms with van der Waals surface area (Å²) in [6.45, 7) is 6.31. The number of Topliss-reactive ketones (excluding diaryl/α,β-unsaturated/α-hetero) is 1. The van der Waals surface area contributed by atoms with Gasteiger partial charge in [0.1, 0.15) is 17.5 Å². The molecule has 1 saturated heterocycles. The van der Waals surface area contributed by atoms with E-state index in [9.17, 15) is 19.8 Å². The predicted octanol–water partition coefficient (Wildman–Crippen LogP) is 3.58. The van der Waals surface area contributed by atoms with Crippen LogP contribution in [0.5, 0.6) is 0 Å². The number of rotatable bonds is 4. The molecule has 2 aliphatic heterocycles. The first-order valence-corrected chi connectivity index (χ1v) is 13.6. The largest absolute Gasteiger partial charge is 0.458 e. The summed E-state index contributed by atoms with van der Waals surface area (Å²) in [6, 6.07) is 0. The minimum absolute atomic E-state index is 0.0659. The summed E-state index contributed by atoms with van der Waals surface area (Å²) in [7, 11) is 0. The monoisotopic (exact) mass is 472 g/mol. The molecule has 0 aromatic rings. The first-order valence-electron chi connectivity index (χ1n) is 13.6. The Kier molecular flexibility index (Phi) is 5.20. The standard InChI is InChI=1S/C28H40O6/c1-15-11-22(33-25(32)18(15)13-29)16(2)19-6-7-20-17-12-24-28(34-24)9-4-5-23(31)27(28,14-30)21(17)8-10-26(19,20)3/h16-17,19-22,24,29-30H,4-14H2,1-3H3/t16-,17-,19+,20-,21-,22?,24+,26+,27-,28+/m0/s1. The molecule has 0 bridgehead atoms. The third-order valence-electron chi connectivity index (χ3n) is 11.8. The first-order chi connectivity index (χ1) is 16.2. The molecule has 2 N–H and O–H groups in total. The third-order valence-corrected chi connectivity index (χ3v) is 11.8. The highest BCUT2D eigenvalue weighted by Gasteiger charge is 2.79. The van der Waals surface area contributed by atoms with Crippen molar-refractivity contribution in [2.75, 3.05) is 13.2 Å². The lowest BCUT2D eigenvalue weighted by atomic mass is 9.43. The van der Waals surface area contributed by atoms with E-state index in [1.165, 1.54) is 0 Å². The van der Waals surface area contributed by atoms with Crippen LogP contribution in [0.15, 0.2) is 11.1 Å². The van der Waals surface area contributed by atoms with Gasteiger partial charge in [-0.25, -0.2) is 4.79 Å². The summed E-state index contributed by atoms with van der Waals surface area (Å²) in [4.78, 5) is 25.9. The summed E-state index contributed by atoms with van der Waals surface area (Å²) in [5, 5.41) is 20.2. The SMILES string of the molecule is CC1=C(CO)C(=O)OC([C@@H](C)[C@H]2CC[C@H]3[C@@H]4C[C@H]5O[C@]56CCCC(=O)[C@]6(CO)[C@H]4CC[C@]23C)C1. The van der Waals surface area contributed by atoms with E-state index in [0.29, 0.717) is 36.2 Å². The van der Waals surface area contributed by atoms with Crippen molar-refractivity contribution in [3.8, 4) is 0 Å². The molecule has 0 aromatic heterocycles. The Labute approximate surface area is 202 Å². The third kappa shape index (κ3) is 2.74. The molecule has 6 heteroatoms. The van der Waals surface area contributed by atoms with E-state index in [4.69, 9.17) is 9.47 Å². The van der Waals surface area contributed by atoms with Crippen molar-refractivity contribution in [1.29, 1.82) is 0 Å². The maximum atomic E-state index is 13.4. The maximum Gasteiger partial charge on any atom is 0.336 e. The Hall–Kier alpha value is -1.24. The van der Waals surface area contributed by atoms with Gasteiger partial charge >= 0.3 is 5.97 Å². The molecular weight excluding hydrogens is 432 g/mol. The second-order valence-electron chi connectivity index (χ2n) is 12.7. The number of ether oxygens (including phenoxy) is 2. The van der Waals surface area contributed by atoms with Crippen LogP contribution in [0.3, 0.4) is 0 Å². The molecule has 4 aliphatic carbocycles. The van der Waals surface area contributed by atoms with Gasteiger partial charge in [0.15, 0.2) is 0 Å². The number of carbonyl (C=O) groups is 2. The molecule has 34 heavy (non-hydrogen) atoms. The summed E-state index contributed by atoms with van der Waals surface area (Å²) < 4.78 is 12.2. The zero-order chi connectivity index (χ0) is 24.0. The Bertz CT molecular complexity index is 941. The number of carbonyl (C=O) groups excluding carboxylic acids is 2. The van der Waals surface area contributed by atoms with Crippen LogP contribution in [-0.4, -0.2) is 53.0 Å². The smallest absolute Gasteiger partial charge is 0.336 e.